The molecule has 2 atom stereocenters. The second kappa shape index (κ2) is 7.81. The average molecular weight is 399 g/mol. The van der Waals surface area contributed by atoms with Crippen molar-refractivity contribution in [3.63, 3.8) is 0 Å². The summed E-state index contributed by atoms with van der Waals surface area (Å²) < 4.78 is 41.3. The van der Waals surface area contributed by atoms with Crippen molar-refractivity contribution in [3.05, 3.63) is 107 Å². The maximum absolute atomic E-state index is 14.5. The molecule has 0 radical (unpaired) electrons. The van der Waals surface area contributed by atoms with Gasteiger partial charge in [-0.15, -0.1) is 11.8 Å². The number of rotatable bonds is 4. The van der Waals surface area contributed by atoms with Crippen LogP contribution >= 0.6 is 11.8 Å². The van der Waals surface area contributed by atoms with Crippen molar-refractivity contribution in [2.75, 3.05) is 5.75 Å². The Kier molecular flexibility index (Phi) is 5.24. The summed E-state index contributed by atoms with van der Waals surface area (Å²) in [4.78, 5) is 4.82. The number of nitrogens with zero attached hydrogens (tertiary/aromatic N) is 1. The Hall–Kier alpha value is -2.57. The molecule has 142 valence electrons. The van der Waals surface area contributed by atoms with Crippen molar-refractivity contribution < 1.29 is 18.3 Å². The van der Waals surface area contributed by atoms with Gasteiger partial charge in [0.15, 0.2) is 0 Å². The maximum Gasteiger partial charge on any atom is 0.129 e. The number of hydrogen-bond donors (Lipinski definition) is 1. The highest BCUT2D eigenvalue weighted by atomic mass is 32.2. The largest absolute Gasteiger partial charge is 0.384 e. The van der Waals surface area contributed by atoms with E-state index in [0.717, 1.165) is 16.5 Å². The molecule has 3 aromatic rings. The van der Waals surface area contributed by atoms with Gasteiger partial charge in [-0.05, 0) is 41.0 Å². The highest BCUT2D eigenvalue weighted by Crippen LogP contribution is 2.51. The number of hydrogen-bond acceptors (Lipinski definition) is 3. The Labute approximate surface area is 164 Å². The van der Waals surface area contributed by atoms with Crippen LogP contribution in [0, 0.1) is 17.5 Å². The molecule has 0 bridgehead atoms. The summed E-state index contributed by atoms with van der Waals surface area (Å²) in [6.45, 7) is 0. The average Bonchev–Trinajstić information content (AvgIpc) is 3.13. The Morgan fingerprint density at radius 1 is 1.00 bits per heavy atom. The number of halogens is 3. The summed E-state index contributed by atoms with van der Waals surface area (Å²) in [5, 5.41) is 11.1. The van der Waals surface area contributed by atoms with Crippen molar-refractivity contribution in [3.8, 4) is 0 Å². The van der Waals surface area contributed by atoms with Crippen molar-refractivity contribution in [2.45, 2.75) is 12.0 Å². The van der Waals surface area contributed by atoms with Crippen LogP contribution in [0.25, 0.3) is 4.91 Å². The van der Waals surface area contributed by atoms with E-state index in [1.807, 2.05) is 0 Å². The van der Waals surface area contributed by atoms with Crippen molar-refractivity contribution in [2.24, 2.45) is 0 Å². The number of aromatic nitrogens is 1. The van der Waals surface area contributed by atoms with Gasteiger partial charge in [0.1, 0.15) is 23.6 Å². The van der Waals surface area contributed by atoms with E-state index >= 15 is 0 Å². The van der Waals surface area contributed by atoms with E-state index in [4.69, 9.17) is 0 Å². The standard InChI is InChI=1S/C22H16F3NOS/c23-15-5-3-13(4-6-15)22-20(21(27)14-2-1-9-26-11-14)18(12-28-22)17-8-7-16(24)10-19(17)25/h1-11,18,21,27H,12H2. The molecule has 0 spiro atoms. The molecule has 1 aromatic heterocycles. The molecule has 28 heavy (non-hydrogen) atoms. The maximum atomic E-state index is 14.5. The Balaban J connectivity index is 1.86. The van der Waals surface area contributed by atoms with Gasteiger partial charge < -0.3 is 5.11 Å². The summed E-state index contributed by atoms with van der Waals surface area (Å²) in [7, 11) is 0. The molecule has 0 amide bonds. The minimum atomic E-state index is -1.02. The molecule has 0 saturated carbocycles. The lowest BCUT2D eigenvalue weighted by molar-refractivity contribution is 0.210. The Morgan fingerprint density at radius 2 is 1.75 bits per heavy atom. The molecule has 1 aliphatic rings. The fraction of sp³-hybridized carbons (Fsp3) is 0.136. The van der Waals surface area contributed by atoms with Gasteiger partial charge in [-0.1, -0.05) is 24.3 Å². The number of aliphatic hydroxyl groups excluding tert-OH is 1. The van der Waals surface area contributed by atoms with Crippen molar-refractivity contribution in [1.82, 2.24) is 4.98 Å². The van der Waals surface area contributed by atoms with Gasteiger partial charge >= 0.3 is 0 Å². The van der Waals surface area contributed by atoms with E-state index in [0.29, 0.717) is 22.5 Å². The third kappa shape index (κ3) is 3.57. The molecule has 6 heteroatoms. The van der Waals surface area contributed by atoms with Gasteiger partial charge in [0, 0.05) is 40.6 Å². The first-order chi connectivity index (χ1) is 13.5. The van der Waals surface area contributed by atoms with E-state index in [2.05, 4.69) is 4.98 Å². The van der Waals surface area contributed by atoms with Crippen LogP contribution in [0.5, 0.6) is 0 Å². The summed E-state index contributed by atoms with van der Waals surface area (Å²) >= 11 is 1.46. The fourth-order valence-corrected chi connectivity index (χ4v) is 4.84. The lowest BCUT2D eigenvalue weighted by Gasteiger charge is -2.21. The zero-order valence-electron chi connectivity index (χ0n) is 14.6. The summed E-state index contributed by atoms with van der Waals surface area (Å²) in [6.07, 6.45) is 2.14. The zero-order chi connectivity index (χ0) is 19.7. The Morgan fingerprint density at radius 3 is 2.43 bits per heavy atom. The molecule has 4 rings (SSSR count). The van der Waals surface area contributed by atoms with Crippen LogP contribution in [0.2, 0.25) is 0 Å². The second-order valence-electron chi connectivity index (χ2n) is 6.51. The van der Waals surface area contributed by atoms with E-state index in [1.54, 1.807) is 36.7 Å². The molecule has 2 unspecified atom stereocenters. The molecule has 2 nitrogen and oxygen atoms in total. The number of thioether (sulfide) groups is 1. The lowest BCUT2D eigenvalue weighted by atomic mass is 9.85. The van der Waals surface area contributed by atoms with E-state index in [-0.39, 0.29) is 5.82 Å². The molecule has 1 aliphatic heterocycles. The van der Waals surface area contributed by atoms with E-state index in [1.165, 1.54) is 36.0 Å². The summed E-state index contributed by atoms with van der Waals surface area (Å²) in [6, 6.07) is 12.9. The van der Waals surface area contributed by atoms with Crippen LogP contribution in [0.15, 0.2) is 72.6 Å². The predicted octanol–water partition coefficient (Wildman–Crippen LogP) is 5.47. The zero-order valence-corrected chi connectivity index (χ0v) is 15.5. The fourth-order valence-electron chi connectivity index (χ4n) is 3.42. The van der Waals surface area contributed by atoms with Crippen molar-refractivity contribution in [1.29, 1.82) is 0 Å². The minimum Gasteiger partial charge on any atom is -0.384 e. The molecule has 2 aromatic carbocycles. The highest BCUT2D eigenvalue weighted by Gasteiger charge is 2.35. The van der Waals surface area contributed by atoms with Gasteiger partial charge in [-0.25, -0.2) is 13.2 Å². The van der Waals surface area contributed by atoms with Crippen LogP contribution in [0.1, 0.15) is 28.7 Å². The molecule has 2 heterocycles. The normalized spacial score (nSPS) is 17.8. The Bertz CT molecular complexity index is 1020. The first-order valence-corrected chi connectivity index (χ1v) is 9.69. The SMILES string of the molecule is OC(C1=C(c2ccc(F)cc2)SCC1c1ccc(F)cc1F)c1cccnc1. The third-order valence-electron chi connectivity index (χ3n) is 4.77. The minimum absolute atomic E-state index is 0.323. The first kappa shape index (κ1) is 18.8. The van der Waals surface area contributed by atoms with Gasteiger partial charge in [0.25, 0.3) is 0 Å². The molecule has 0 aliphatic carbocycles. The monoisotopic (exact) mass is 399 g/mol. The highest BCUT2D eigenvalue weighted by molar-refractivity contribution is 8.08. The molecular weight excluding hydrogens is 383 g/mol. The second-order valence-corrected chi connectivity index (χ2v) is 7.54. The first-order valence-electron chi connectivity index (χ1n) is 8.70. The van der Waals surface area contributed by atoms with Gasteiger partial charge in [-0.2, -0.15) is 0 Å². The van der Waals surface area contributed by atoms with Crippen molar-refractivity contribution >= 4 is 16.7 Å². The number of aliphatic hydroxyl groups is 1. The van der Waals surface area contributed by atoms with Crippen LogP contribution in [0.4, 0.5) is 13.2 Å². The topological polar surface area (TPSA) is 33.1 Å². The lowest BCUT2D eigenvalue weighted by Crippen LogP contribution is -2.12. The third-order valence-corrected chi connectivity index (χ3v) is 6.03. The van der Waals surface area contributed by atoms with Crippen LogP contribution in [-0.4, -0.2) is 15.8 Å². The smallest absolute Gasteiger partial charge is 0.129 e. The van der Waals surface area contributed by atoms with Gasteiger partial charge in [-0.3, -0.25) is 4.98 Å². The number of pyridine rings is 1. The number of benzene rings is 2. The molecule has 0 fully saturated rings. The summed E-state index contributed by atoms with van der Waals surface area (Å²) in [5.74, 6) is -1.61. The van der Waals surface area contributed by atoms with E-state index < -0.39 is 23.7 Å². The van der Waals surface area contributed by atoms with Gasteiger partial charge in [0.05, 0.1) is 0 Å². The predicted molar refractivity (Wildman–Crippen MR) is 104 cm³/mol. The van der Waals surface area contributed by atoms with E-state index in [9.17, 15) is 18.3 Å². The molecular formula is C22H16F3NOS. The van der Waals surface area contributed by atoms with Crippen LogP contribution in [-0.2, 0) is 0 Å². The van der Waals surface area contributed by atoms with Gasteiger partial charge in [0.2, 0.25) is 0 Å². The quantitative estimate of drug-likeness (QED) is 0.631. The molecule has 0 saturated heterocycles. The van der Waals surface area contributed by atoms with Crippen LogP contribution < -0.4 is 0 Å². The summed E-state index contributed by atoms with van der Waals surface area (Å²) in [5.41, 5.74) is 2.25. The van der Waals surface area contributed by atoms with Crippen LogP contribution in [0.3, 0.4) is 0 Å². The molecule has 1 N–H and O–H groups in total.